The van der Waals surface area contributed by atoms with Crippen LogP contribution in [0.5, 0.6) is 11.5 Å². The van der Waals surface area contributed by atoms with Crippen molar-refractivity contribution in [3.8, 4) is 22.9 Å². The first-order chi connectivity index (χ1) is 17.1. The number of carbonyl (C=O) groups is 2. The molecule has 12 heteroatoms. The fraction of sp³-hybridized carbons (Fsp3) is 0.348. The van der Waals surface area contributed by atoms with Gasteiger partial charge in [-0.25, -0.2) is 9.48 Å². The van der Waals surface area contributed by atoms with Crippen LogP contribution >= 0.6 is 0 Å². The third kappa shape index (κ3) is 3.96. The van der Waals surface area contributed by atoms with Crippen LogP contribution in [0.25, 0.3) is 11.4 Å². The van der Waals surface area contributed by atoms with Gasteiger partial charge in [-0.2, -0.15) is 0 Å². The van der Waals surface area contributed by atoms with E-state index >= 15 is 0 Å². The summed E-state index contributed by atoms with van der Waals surface area (Å²) in [5, 5.41) is 17.9. The number of ether oxygens (including phenoxy) is 4. The first kappa shape index (κ1) is 21.5. The summed E-state index contributed by atoms with van der Waals surface area (Å²) in [5.74, 6) is 1.84. The molecule has 0 radical (unpaired) electrons. The van der Waals surface area contributed by atoms with Crippen LogP contribution < -0.4 is 20.1 Å². The van der Waals surface area contributed by atoms with Crippen LogP contribution in [0.4, 0.5) is 10.5 Å². The molecule has 0 spiro atoms. The minimum absolute atomic E-state index is 0.0349. The van der Waals surface area contributed by atoms with Gasteiger partial charge < -0.3 is 29.6 Å². The van der Waals surface area contributed by atoms with Gasteiger partial charge in [0.25, 0.3) is 0 Å². The molecule has 180 valence electrons. The summed E-state index contributed by atoms with van der Waals surface area (Å²) < 4.78 is 24.6. The number of amides is 2. The van der Waals surface area contributed by atoms with E-state index in [4.69, 9.17) is 18.9 Å². The first-order valence-corrected chi connectivity index (χ1v) is 11.2. The molecular formula is C23H22N6O6. The fourth-order valence-electron chi connectivity index (χ4n) is 4.58. The van der Waals surface area contributed by atoms with Gasteiger partial charge in [0, 0.05) is 16.8 Å². The van der Waals surface area contributed by atoms with Crippen molar-refractivity contribution in [2.45, 2.75) is 31.2 Å². The molecule has 2 fully saturated rings. The highest BCUT2D eigenvalue weighted by Crippen LogP contribution is 2.38. The van der Waals surface area contributed by atoms with Crippen molar-refractivity contribution in [2.24, 2.45) is 0 Å². The smallest absolute Gasteiger partial charge is 0.319 e. The summed E-state index contributed by atoms with van der Waals surface area (Å²) in [5.41, 5.74) is 1.94. The zero-order valence-corrected chi connectivity index (χ0v) is 18.7. The average molecular weight is 478 g/mol. The molecule has 35 heavy (non-hydrogen) atoms. The number of carbonyl (C=O) groups excluding carboxylic acids is 2. The Hall–Kier alpha value is -4.03. The van der Waals surface area contributed by atoms with Gasteiger partial charge >= 0.3 is 6.03 Å². The lowest BCUT2D eigenvalue weighted by atomic mass is 10.1. The molecule has 0 bridgehead atoms. The van der Waals surface area contributed by atoms with Crippen molar-refractivity contribution >= 4 is 17.5 Å². The van der Waals surface area contributed by atoms with Crippen molar-refractivity contribution in [2.75, 3.05) is 25.3 Å². The van der Waals surface area contributed by atoms with Crippen LogP contribution in [0, 0.1) is 0 Å². The zero-order valence-electron chi connectivity index (χ0n) is 18.7. The Morgan fingerprint density at radius 2 is 1.80 bits per heavy atom. The Bertz CT molecular complexity index is 1280. The highest BCUT2D eigenvalue weighted by molar-refractivity contribution is 5.95. The predicted octanol–water partition coefficient (Wildman–Crippen LogP) is 1.80. The second kappa shape index (κ2) is 8.64. The Morgan fingerprint density at radius 3 is 2.63 bits per heavy atom. The summed E-state index contributed by atoms with van der Waals surface area (Å²) in [6.07, 6.45) is -0.675. The highest BCUT2D eigenvalue weighted by atomic mass is 16.7. The van der Waals surface area contributed by atoms with E-state index in [1.54, 1.807) is 28.9 Å². The Balaban J connectivity index is 1.13. The summed E-state index contributed by atoms with van der Waals surface area (Å²) in [6.45, 7) is 2.31. The van der Waals surface area contributed by atoms with Crippen molar-refractivity contribution in [3.63, 3.8) is 0 Å². The molecule has 0 saturated carbocycles. The van der Waals surface area contributed by atoms with Crippen molar-refractivity contribution < 1.29 is 28.5 Å². The second-order valence-electron chi connectivity index (χ2n) is 8.52. The molecule has 4 atom stereocenters. The molecule has 2 aromatic carbocycles. The normalized spacial score (nSPS) is 24.3. The Labute approximate surface area is 199 Å². The lowest BCUT2D eigenvalue weighted by molar-refractivity contribution is 0.0624. The van der Waals surface area contributed by atoms with Crippen molar-refractivity contribution in [1.82, 2.24) is 25.5 Å². The van der Waals surface area contributed by atoms with E-state index in [1.807, 2.05) is 18.2 Å². The standard InChI is InChI=1S/C23H22N6O6/c1-12(30)13-2-5-15(6-3-13)24-23(31)25-16-9-32-21-17(10-33-20(16)21)29-22(26-27-28-29)14-4-7-18-19(8-14)35-11-34-18/h2-8,16-17,20-21H,9-11H2,1H3,(H2,24,25,31). The van der Waals surface area contributed by atoms with Crippen LogP contribution in [0.2, 0.25) is 0 Å². The number of aromatic nitrogens is 4. The summed E-state index contributed by atoms with van der Waals surface area (Å²) in [7, 11) is 0. The number of nitrogens with zero attached hydrogens (tertiary/aromatic N) is 4. The number of urea groups is 1. The quantitative estimate of drug-likeness (QED) is 0.526. The molecule has 2 N–H and O–H groups in total. The molecule has 0 aliphatic carbocycles. The molecule has 3 aliphatic rings. The second-order valence-corrected chi connectivity index (χ2v) is 8.52. The van der Waals surface area contributed by atoms with Crippen LogP contribution in [-0.2, 0) is 9.47 Å². The lowest BCUT2D eigenvalue weighted by Gasteiger charge is -2.18. The predicted molar refractivity (Wildman–Crippen MR) is 120 cm³/mol. The minimum Gasteiger partial charge on any atom is -0.454 e. The van der Waals surface area contributed by atoms with Crippen LogP contribution in [0.1, 0.15) is 23.3 Å². The largest absolute Gasteiger partial charge is 0.454 e. The number of benzene rings is 2. The maximum absolute atomic E-state index is 12.6. The number of tetrazole rings is 1. The average Bonchev–Trinajstić information content (AvgIpc) is 3.64. The van der Waals surface area contributed by atoms with Crippen LogP contribution in [-0.4, -0.2) is 70.3 Å². The van der Waals surface area contributed by atoms with Gasteiger partial charge in [-0.1, -0.05) is 0 Å². The maximum atomic E-state index is 12.6. The fourth-order valence-corrected chi connectivity index (χ4v) is 4.58. The van der Waals surface area contributed by atoms with E-state index in [0.717, 1.165) is 5.56 Å². The third-order valence-corrected chi connectivity index (χ3v) is 6.33. The monoisotopic (exact) mass is 478 g/mol. The van der Waals surface area contributed by atoms with E-state index < -0.39 is 0 Å². The SMILES string of the molecule is CC(=O)c1ccc(NC(=O)NC2COC3C2OCC3n2nnnc2-c2ccc3c(c2)OCO3)cc1. The van der Waals surface area contributed by atoms with Gasteiger partial charge in [-0.05, 0) is 59.8 Å². The maximum Gasteiger partial charge on any atom is 0.319 e. The van der Waals surface area contributed by atoms with Crippen molar-refractivity contribution in [3.05, 3.63) is 48.0 Å². The first-order valence-electron chi connectivity index (χ1n) is 11.2. The number of nitrogens with one attached hydrogen (secondary N) is 2. The summed E-state index contributed by atoms with van der Waals surface area (Å²) in [6, 6.07) is 11.2. The number of ketones is 1. The van der Waals surface area contributed by atoms with E-state index in [2.05, 4.69) is 26.2 Å². The molecule has 12 nitrogen and oxygen atoms in total. The molecule has 6 rings (SSSR count). The Kier molecular flexibility index (Phi) is 5.30. The van der Waals surface area contributed by atoms with Gasteiger partial charge in [-0.15, -0.1) is 5.10 Å². The van der Waals surface area contributed by atoms with Gasteiger partial charge in [0.2, 0.25) is 6.79 Å². The third-order valence-electron chi connectivity index (χ3n) is 6.33. The van der Waals surface area contributed by atoms with Crippen LogP contribution in [0.15, 0.2) is 42.5 Å². The van der Waals surface area contributed by atoms with Gasteiger partial charge in [0.1, 0.15) is 18.2 Å². The number of fused-ring (bicyclic) bond motifs is 2. The molecular weight excluding hydrogens is 456 g/mol. The van der Waals surface area contributed by atoms with E-state index in [-0.39, 0.29) is 42.9 Å². The molecule has 3 aromatic rings. The number of hydrogen-bond acceptors (Lipinski definition) is 9. The number of anilines is 1. The Morgan fingerprint density at radius 1 is 1.00 bits per heavy atom. The summed E-state index contributed by atoms with van der Waals surface area (Å²) in [4.78, 5) is 24.0. The topological polar surface area (TPSA) is 139 Å². The van der Waals surface area contributed by atoms with Gasteiger partial charge in [0.05, 0.1) is 19.3 Å². The number of hydrogen-bond donors (Lipinski definition) is 2. The molecule has 2 saturated heterocycles. The molecule has 2 amide bonds. The minimum atomic E-state index is -0.384. The van der Waals surface area contributed by atoms with Gasteiger partial charge in [0.15, 0.2) is 23.1 Å². The molecule has 4 unspecified atom stereocenters. The lowest BCUT2D eigenvalue weighted by Crippen LogP contribution is -2.45. The van der Waals surface area contributed by atoms with Crippen molar-refractivity contribution in [1.29, 1.82) is 0 Å². The van der Waals surface area contributed by atoms with E-state index in [9.17, 15) is 9.59 Å². The molecule has 4 heterocycles. The van der Waals surface area contributed by atoms with E-state index in [0.29, 0.717) is 41.8 Å². The highest BCUT2D eigenvalue weighted by Gasteiger charge is 2.50. The zero-order chi connectivity index (χ0) is 23.9. The van der Waals surface area contributed by atoms with Gasteiger partial charge in [-0.3, -0.25) is 4.79 Å². The molecule has 1 aromatic heterocycles. The molecule has 3 aliphatic heterocycles. The number of Topliss-reactive ketones (excluding diaryl/α,β-unsaturated/α-hetero) is 1. The van der Waals surface area contributed by atoms with E-state index in [1.165, 1.54) is 6.92 Å². The van der Waals surface area contributed by atoms with Crippen LogP contribution in [0.3, 0.4) is 0 Å². The summed E-state index contributed by atoms with van der Waals surface area (Å²) >= 11 is 0. The number of rotatable bonds is 5.